The van der Waals surface area contributed by atoms with Crippen molar-refractivity contribution in [3.05, 3.63) is 70.3 Å². The Kier molecular flexibility index (Phi) is 5.74. The highest BCUT2D eigenvalue weighted by Gasteiger charge is 2.27. The van der Waals surface area contributed by atoms with Gasteiger partial charge in [-0.15, -0.1) is 0 Å². The Hall–Kier alpha value is -2.62. The van der Waals surface area contributed by atoms with Crippen molar-refractivity contribution in [1.29, 1.82) is 0 Å². The third kappa shape index (κ3) is 4.02. The van der Waals surface area contributed by atoms with E-state index in [0.717, 1.165) is 22.3 Å². The fourth-order valence-electron chi connectivity index (χ4n) is 2.93. The van der Waals surface area contributed by atoms with Gasteiger partial charge in [-0.3, -0.25) is 4.79 Å². The molecule has 0 aliphatic heterocycles. The minimum absolute atomic E-state index is 0.264. The summed E-state index contributed by atoms with van der Waals surface area (Å²) in [4.78, 5) is 25.0. The Morgan fingerprint density at radius 3 is 2.17 bits per heavy atom. The smallest absolute Gasteiger partial charge is 0.333 e. The van der Waals surface area contributed by atoms with Crippen LogP contribution in [0.2, 0.25) is 0 Å². The predicted molar refractivity (Wildman–Crippen MR) is 93.9 cm³/mol. The Balaban J connectivity index is 2.39. The molecule has 1 unspecified atom stereocenters. The Morgan fingerprint density at radius 2 is 1.62 bits per heavy atom. The molecule has 0 saturated heterocycles. The molecule has 0 fully saturated rings. The van der Waals surface area contributed by atoms with Gasteiger partial charge in [0, 0.05) is 5.56 Å². The van der Waals surface area contributed by atoms with Gasteiger partial charge in [-0.2, -0.15) is 0 Å². The van der Waals surface area contributed by atoms with Gasteiger partial charge in [0.25, 0.3) is 5.91 Å². The van der Waals surface area contributed by atoms with E-state index in [4.69, 9.17) is 4.74 Å². The lowest BCUT2D eigenvalue weighted by Crippen LogP contribution is -2.36. The highest BCUT2D eigenvalue weighted by Crippen LogP contribution is 2.25. The van der Waals surface area contributed by atoms with Gasteiger partial charge in [-0.1, -0.05) is 35.9 Å². The van der Waals surface area contributed by atoms with Crippen LogP contribution in [0.25, 0.3) is 0 Å². The summed E-state index contributed by atoms with van der Waals surface area (Å²) in [6.07, 6.45) is 0. The minimum Gasteiger partial charge on any atom is -0.464 e. The SMILES string of the molecule is CCOC(=O)C(NC(=O)c1ccccc1)c1c(C)cc(C)cc1C. The minimum atomic E-state index is -0.821. The number of esters is 1. The molecular formula is C20H23NO3. The third-order valence-corrected chi connectivity index (χ3v) is 3.86. The molecule has 0 heterocycles. The van der Waals surface area contributed by atoms with E-state index < -0.39 is 12.0 Å². The van der Waals surface area contributed by atoms with Gasteiger partial charge in [0.1, 0.15) is 0 Å². The number of hydrogen-bond donors (Lipinski definition) is 1. The van der Waals surface area contributed by atoms with Gasteiger partial charge >= 0.3 is 5.97 Å². The number of benzene rings is 2. The van der Waals surface area contributed by atoms with E-state index in [0.29, 0.717) is 5.56 Å². The lowest BCUT2D eigenvalue weighted by molar-refractivity contribution is -0.145. The molecule has 24 heavy (non-hydrogen) atoms. The van der Waals surface area contributed by atoms with Crippen molar-refractivity contribution in [2.24, 2.45) is 0 Å². The number of hydrogen-bond acceptors (Lipinski definition) is 3. The summed E-state index contributed by atoms with van der Waals surface area (Å²) >= 11 is 0. The summed E-state index contributed by atoms with van der Waals surface area (Å²) in [5.41, 5.74) is 4.33. The quantitative estimate of drug-likeness (QED) is 0.854. The largest absolute Gasteiger partial charge is 0.464 e. The average Bonchev–Trinajstić information content (AvgIpc) is 2.54. The van der Waals surface area contributed by atoms with Crippen LogP contribution < -0.4 is 5.32 Å². The van der Waals surface area contributed by atoms with Crippen molar-refractivity contribution >= 4 is 11.9 Å². The maximum atomic E-state index is 12.5. The molecule has 0 saturated carbocycles. The third-order valence-electron chi connectivity index (χ3n) is 3.86. The molecular weight excluding hydrogens is 302 g/mol. The molecule has 126 valence electrons. The van der Waals surface area contributed by atoms with Crippen LogP contribution in [0.5, 0.6) is 0 Å². The van der Waals surface area contributed by atoms with Gasteiger partial charge in [0.2, 0.25) is 0 Å². The van der Waals surface area contributed by atoms with E-state index >= 15 is 0 Å². The summed E-state index contributed by atoms with van der Waals surface area (Å²) in [5.74, 6) is -0.745. The van der Waals surface area contributed by atoms with Crippen molar-refractivity contribution in [3.63, 3.8) is 0 Å². The fourth-order valence-corrected chi connectivity index (χ4v) is 2.93. The maximum Gasteiger partial charge on any atom is 0.333 e. The van der Waals surface area contributed by atoms with Crippen LogP contribution in [0.4, 0.5) is 0 Å². The number of ether oxygens (including phenoxy) is 1. The fraction of sp³-hybridized carbons (Fsp3) is 0.300. The second-order valence-corrected chi connectivity index (χ2v) is 5.84. The van der Waals surface area contributed by atoms with Crippen LogP contribution in [-0.4, -0.2) is 18.5 Å². The van der Waals surface area contributed by atoms with Gasteiger partial charge in [0.05, 0.1) is 6.61 Å². The molecule has 2 aromatic carbocycles. The van der Waals surface area contributed by atoms with Gasteiger partial charge in [-0.25, -0.2) is 4.79 Å². The number of amides is 1. The van der Waals surface area contributed by atoms with Crippen LogP contribution in [-0.2, 0) is 9.53 Å². The summed E-state index contributed by atoms with van der Waals surface area (Å²) in [6.45, 7) is 7.90. The van der Waals surface area contributed by atoms with Gasteiger partial charge < -0.3 is 10.1 Å². The Labute approximate surface area is 142 Å². The Bertz CT molecular complexity index is 715. The molecule has 0 bridgehead atoms. The second-order valence-electron chi connectivity index (χ2n) is 5.84. The van der Waals surface area contributed by atoms with Crippen molar-refractivity contribution in [2.75, 3.05) is 6.61 Å². The van der Waals surface area contributed by atoms with Crippen LogP contribution in [0, 0.1) is 20.8 Å². The van der Waals surface area contributed by atoms with E-state index in [9.17, 15) is 9.59 Å². The molecule has 1 amide bonds. The molecule has 2 rings (SSSR count). The first-order valence-corrected chi connectivity index (χ1v) is 8.04. The predicted octanol–water partition coefficient (Wildman–Crippen LogP) is 3.65. The van der Waals surface area contributed by atoms with E-state index in [1.807, 2.05) is 39.0 Å². The van der Waals surface area contributed by atoms with Gasteiger partial charge in [0.15, 0.2) is 6.04 Å². The number of rotatable bonds is 5. The molecule has 0 radical (unpaired) electrons. The molecule has 1 N–H and O–H groups in total. The average molecular weight is 325 g/mol. The molecule has 4 heteroatoms. The van der Waals surface area contributed by atoms with E-state index in [1.54, 1.807) is 31.2 Å². The summed E-state index contributed by atoms with van der Waals surface area (Å²) in [7, 11) is 0. The lowest BCUT2D eigenvalue weighted by atomic mass is 9.93. The number of aryl methyl sites for hydroxylation is 3. The van der Waals surface area contributed by atoms with Crippen LogP contribution in [0.15, 0.2) is 42.5 Å². The molecule has 1 atom stereocenters. The Morgan fingerprint density at radius 1 is 1.04 bits per heavy atom. The van der Waals surface area contributed by atoms with Crippen LogP contribution in [0.3, 0.4) is 0 Å². The highest BCUT2D eigenvalue weighted by molar-refractivity contribution is 5.97. The topological polar surface area (TPSA) is 55.4 Å². The first-order chi connectivity index (χ1) is 11.4. The second kappa shape index (κ2) is 7.77. The maximum absolute atomic E-state index is 12.5. The zero-order valence-electron chi connectivity index (χ0n) is 14.6. The van der Waals surface area contributed by atoms with E-state index in [1.165, 1.54) is 0 Å². The number of carbonyl (C=O) groups is 2. The molecule has 2 aromatic rings. The molecule has 0 spiro atoms. The van der Waals surface area contributed by atoms with Crippen molar-refractivity contribution in [3.8, 4) is 0 Å². The summed E-state index contributed by atoms with van der Waals surface area (Å²) < 4.78 is 5.18. The van der Waals surface area contributed by atoms with E-state index in [2.05, 4.69) is 5.32 Å². The first kappa shape index (κ1) is 17.7. The van der Waals surface area contributed by atoms with Crippen LogP contribution >= 0.6 is 0 Å². The zero-order chi connectivity index (χ0) is 17.7. The summed E-state index contributed by atoms with van der Waals surface area (Å²) in [5, 5.41) is 2.82. The standard InChI is InChI=1S/C20H23NO3/c1-5-24-20(23)18(17-14(3)11-13(2)12-15(17)4)21-19(22)16-9-7-6-8-10-16/h6-12,18H,5H2,1-4H3,(H,21,22). The molecule has 0 aliphatic carbocycles. The van der Waals surface area contributed by atoms with Crippen LogP contribution in [0.1, 0.15) is 45.6 Å². The molecule has 0 aromatic heterocycles. The normalized spacial score (nSPS) is 11.7. The van der Waals surface area contributed by atoms with Gasteiger partial charge in [-0.05, 0) is 56.5 Å². The van der Waals surface area contributed by atoms with E-state index in [-0.39, 0.29) is 12.5 Å². The lowest BCUT2D eigenvalue weighted by Gasteiger charge is -2.22. The monoisotopic (exact) mass is 325 g/mol. The molecule has 4 nitrogen and oxygen atoms in total. The first-order valence-electron chi connectivity index (χ1n) is 8.04. The van der Waals surface area contributed by atoms with Crippen molar-refractivity contribution < 1.29 is 14.3 Å². The number of nitrogens with one attached hydrogen (secondary N) is 1. The molecule has 0 aliphatic rings. The van der Waals surface area contributed by atoms with Crippen molar-refractivity contribution in [2.45, 2.75) is 33.7 Å². The van der Waals surface area contributed by atoms with Crippen molar-refractivity contribution in [1.82, 2.24) is 5.32 Å². The highest BCUT2D eigenvalue weighted by atomic mass is 16.5. The summed E-state index contributed by atoms with van der Waals surface area (Å²) in [6, 6.07) is 12.0. The number of carbonyl (C=O) groups excluding carboxylic acids is 2. The zero-order valence-corrected chi connectivity index (χ0v) is 14.6.